The molecular formula is C18H23NO5S. The topological polar surface area (TPSA) is 69.0 Å². The van der Waals surface area contributed by atoms with E-state index in [4.69, 9.17) is 13.9 Å². The highest BCUT2D eigenvalue weighted by atomic mass is 32.2. The second-order valence-electron chi connectivity index (χ2n) is 6.40. The van der Waals surface area contributed by atoms with Crippen LogP contribution in [0.1, 0.15) is 30.8 Å². The zero-order valence-electron chi connectivity index (χ0n) is 14.9. The van der Waals surface area contributed by atoms with Crippen LogP contribution in [0.3, 0.4) is 0 Å². The standard InChI is InChI=1S/C18H23NO5S/c1-12-9-15(12)16-7-5-13(24-16)11-19(2)25(20,21)14-6-8-17(22-3)18(10-14)23-4/h5-8,10,12,15H,9,11H2,1-4H3/t12-,15-/m1/s1. The van der Waals surface area contributed by atoms with Crippen LogP contribution in [-0.2, 0) is 16.6 Å². The Hall–Kier alpha value is -1.99. The molecule has 3 rings (SSSR count). The zero-order chi connectivity index (χ0) is 18.2. The number of hydrogen-bond donors (Lipinski definition) is 0. The quantitative estimate of drug-likeness (QED) is 0.753. The van der Waals surface area contributed by atoms with Crippen molar-refractivity contribution >= 4 is 10.0 Å². The van der Waals surface area contributed by atoms with E-state index in [2.05, 4.69) is 6.92 Å². The van der Waals surface area contributed by atoms with E-state index in [1.807, 2.05) is 12.1 Å². The van der Waals surface area contributed by atoms with Gasteiger partial charge >= 0.3 is 0 Å². The van der Waals surface area contributed by atoms with Gasteiger partial charge < -0.3 is 13.9 Å². The Morgan fingerprint density at radius 3 is 2.44 bits per heavy atom. The fourth-order valence-electron chi connectivity index (χ4n) is 2.86. The molecule has 0 unspecified atom stereocenters. The van der Waals surface area contributed by atoms with Gasteiger partial charge in [0, 0.05) is 19.0 Å². The monoisotopic (exact) mass is 365 g/mol. The summed E-state index contributed by atoms with van der Waals surface area (Å²) in [5, 5.41) is 0. The molecule has 25 heavy (non-hydrogen) atoms. The van der Waals surface area contributed by atoms with Crippen LogP contribution in [0.2, 0.25) is 0 Å². The second kappa shape index (κ2) is 6.72. The lowest BCUT2D eigenvalue weighted by Crippen LogP contribution is -2.26. The average Bonchev–Trinajstić information content (AvgIpc) is 3.15. The van der Waals surface area contributed by atoms with Crippen molar-refractivity contribution in [1.82, 2.24) is 4.31 Å². The number of rotatable bonds is 7. The molecule has 1 fully saturated rings. The third kappa shape index (κ3) is 3.52. The number of sulfonamides is 1. The molecule has 0 spiro atoms. The van der Waals surface area contributed by atoms with Crippen molar-refractivity contribution in [2.24, 2.45) is 5.92 Å². The van der Waals surface area contributed by atoms with E-state index in [-0.39, 0.29) is 11.4 Å². The summed E-state index contributed by atoms with van der Waals surface area (Å²) in [4.78, 5) is 0.148. The number of nitrogens with zero attached hydrogens (tertiary/aromatic N) is 1. The van der Waals surface area contributed by atoms with Crippen molar-refractivity contribution in [2.75, 3.05) is 21.3 Å². The summed E-state index contributed by atoms with van der Waals surface area (Å²) in [6.45, 7) is 2.36. The Morgan fingerprint density at radius 2 is 1.84 bits per heavy atom. The van der Waals surface area contributed by atoms with Gasteiger partial charge in [0.05, 0.1) is 25.7 Å². The van der Waals surface area contributed by atoms with Crippen LogP contribution in [0.5, 0.6) is 11.5 Å². The summed E-state index contributed by atoms with van der Waals surface area (Å²) in [6, 6.07) is 8.34. The number of benzene rings is 1. The highest BCUT2D eigenvalue weighted by molar-refractivity contribution is 7.89. The van der Waals surface area contributed by atoms with Crippen molar-refractivity contribution in [2.45, 2.75) is 30.7 Å². The van der Waals surface area contributed by atoms with Crippen molar-refractivity contribution in [3.63, 3.8) is 0 Å². The van der Waals surface area contributed by atoms with Gasteiger partial charge in [0.1, 0.15) is 11.5 Å². The molecule has 0 amide bonds. The molecule has 0 bridgehead atoms. The van der Waals surface area contributed by atoms with Crippen LogP contribution in [0.25, 0.3) is 0 Å². The van der Waals surface area contributed by atoms with E-state index in [0.717, 1.165) is 12.2 Å². The second-order valence-corrected chi connectivity index (χ2v) is 8.45. The van der Waals surface area contributed by atoms with Gasteiger partial charge in [-0.2, -0.15) is 4.31 Å². The fourth-order valence-corrected chi connectivity index (χ4v) is 4.01. The van der Waals surface area contributed by atoms with Crippen LogP contribution in [0.15, 0.2) is 39.6 Å². The van der Waals surface area contributed by atoms with Gasteiger partial charge in [-0.3, -0.25) is 0 Å². The molecule has 1 aliphatic rings. The first kappa shape index (κ1) is 17.8. The third-order valence-corrected chi connectivity index (χ3v) is 6.40. The maximum Gasteiger partial charge on any atom is 0.243 e. The molecule has 136 valence electrons. The first-order chi connectivity index (χ1) is 11.9. The summed E-state index contributed by atoms with van der Waals surface area (Å²) < 4.78 is 43.0. The SMILES string of the molecule is COc1ccc(S(=O)(=O)N(C)Cc2ccc([C@@H]3C[C@H]3C)o2)cc1OC. The van der Waals surface area contributed by atoms with Gasteiger partial charge in [0.2, 0.25) is 10.0 Å². The smallest absolute Gasteiger partial charge is 0.243 e. The normalized spacial score (nSPS) is 19.9. The Kier molecular flexibility index (Phi) is 4.79. The molecule has 0 aliphatic heterocycles. The van der Waals surface area contributed by atoms with Gasteiger partial charge in [0.25, 0.3) is 0 Å². The van der Waals surface area contributed by atoms with Crippen LogP contribution in [0.4, 0.5) is 0 Å². The minimum Gasteiger partial charge on any atom is -0.493 e. The lowest BCUT2D eigenvalue weighted by Gasteiger charge is -2.17. The maximum absolute atomic E-state index is 12.8. The summed E-state index contributed by atoms with van der Waals surface area (Å²) in [5.74, 6) is 3.56. The molecule has 6 nitrogen and oxygen atoms in total. The van der Waals surface area contributed by atoms with E-state index in [9.17, 15) is 8.42 Å². The average molecular weight is 365 g/mol. The molecular weight excluding hydrogens is 342 g/mol. The minimum atomic E-state index is -3.66. The minimum absolute atomic E-state index is 0.148. The number of methoxy groups -OCH3 is 2. The zero-order valence-corrected chi connectivity index (χ0v) is 15.7. The molecule has 1 aromatic carbocycles. The van der Waals surface area contributed by atoms with Crippen molar-refractivity contribution in [1.29, 1.82) is 0 Å². The van der Waals surface area contributed by atoms with Gasteiger partial charge in [-0.1, -0.05) is 6.92 Å². The van der Waals surface area contributed by atoms with Crippen LogP contribution in [-0.4, -0.2) is 34.0 Å². The van der Waals surface area contributed by atoms with E-state index in [1.165, 1.54) is 37.7 Å². The highest BCUT2D eigenvalue weighted by Gasteiger charge is 2.36. The van der Waals surface area contributed by atoms with Crippen LogP contribution < -0.4 is 9.47 Å². The molecule has 1 heterocycles. The van der Waals surface area contributed by atoms with Gasteiger partial charge in [-0.15, -0.1) is 0 Å². The summed E-state index contributed by atoms with van der Waals surface area (Å²) in [5.41, 5.74) is 0. The Morgan fingerprint density at radius 1 is 1.16 bits per heavy atom. The predicted octanol–water partition coefficient (Wildman–Crippen LogP) is 3.24. The van der Waals surface area contributed by atoms with Gasteiger partial charge in [0.15, 0.2) is 11.5 Å². The highest BCUT2D eigenvalue weighted by Crippen LogP contribution is 2.47. The molecule has 2 aromatic rings. The Labute approximate surface area is 148 Å². The van der Waals surface area contributed by atoms with Crippen molar-refractivity contribution in [3.05, 3.63) is 41.9 Å². The molecule has 2 atom stereocenters. The Balaban J connectivity index is 1.78. The molecule has 1 saturated carbocycles. The predicted molar refractivity (Wildman–Crippen MR) is 93.4 cm³/mol. The van der Waals surface area contributed by atoms with Crippen molar-refractivity contribution in [3.8, 4) is 11.5 Å². The number of hydrogen-bond acceptors (Lipinski definition) is 5. The Bertz CT molecular complexity index is 858. The number of ether oxygens (including phenoxy) is 2. The van der Waals surface area contributed by atoms with Crippen molar-refractivity contribution < 1.29 is 22.3 Å². The van der Waals surface area contributed by atoms with Crippen LogP contribution >= 0.6 is 0 Å². The summed E-state index contributed by atoms with van der Waals surface area (Å²) >= 11 is 0. The van der Waals surface area contributed by atoms with E-state index in [0.29, 0.717) is 29.1 Å². The van der Waals surface area contributed by atoms with E-state index >= 15 is 0 Å². The van der Waals surface area contributed by atoms with Gasteiger partial charge in [-0.25, -0.2) is 8.42 Å². The first-order valence-corrected chi connectivity index (χ1v) is 9.57. The lowest BCUT2D eigenvalue weighted by molar-refractivity contribution is 0.353. The molecule has 7 heteroatoms. The first-order valence-electron chi connectivity index (χ1n) is 8.13. The largest absolute Gasteiger partial charge is 0.493 e. The van der Waals surface area contributed by atoms with Crippen LogP contribution in [0, 0.1) is 5.92 Å². The summed E-state index contributed by atoms with van der Waals surface area (Å²) in [7, 11) is 0.853. The lowest BCUT2D eigenvalue weighted by atomic mass is 10.3. The molecule has 0 saturated heterocycles. The summed E-state index contributed by atoms with van der Waals surface area (Å²) in [6.07, 6.45) is 1.13. The molecule has 0 N–H and O–H groups in total. The fraction of sp³-hybridized carbons (Fsp3) is 0.444. The maximum atomic E-state index is 12.8. The molecule has 1 aromatic heterocycles. The number of furan rings is 1. The third-order valence-electron chi connectivity index (χ3n) is 4.60. The van der Waals surface area contributed by atoms with Gasteiger partial charge in [-0.05, 0) is 36.6 Å². The van der Waals surface area contributed by atoms with E-state index < -0.39 is 10.0 Å². The molecule has 1 aliphatic carbocycles. The molecule has 0 radical (unpaired) electrons. The van der Waals surface area contributed by atoms with E-state index in [1.54, 1.807) is 6.07 Å².